The van der Waals surface area contributed by atoms with Crippen molar-refractivity contribution in [2.24, 2.45) is 5.41 Å². The molecule has 122 valence electrons. The van der Waals surface area contributed by atoms with Gasteiger partial charge < -0.3 is 10.0 Å². The van der Waals surface area contributed by atoms with Gasteiger partial charge in [0, 0.05) is 22.9 Å². The molecule has 0 radical (unpaired) electrons. The highest BCUT2D eigenvalue weighted by molar-refractivity contribution is 7.99. The Labute approximate surface area is 147 Å². The van der Waals surface area contributed by atoms with E-state index in [0.717, 1.165) is 23.6 Å². The fraction of sp³-hybridized carbons (Fsp3) is 0.368. The van der Waals surface area contributed by atoms with Crippen LogP contribution in [0.4, 0.5) is 11.4 Å². The summed E-state index contributed by atoms with van der Waals surface area (Å²) in [6, 6.07) is 14.6. The second-order valence-corrected chi connectivity index (χ2v) is 8.23. The molecule has 2 aromatic carbocycles. The van der Waals surface area contributed by atoms with Crippen LogP contribution in [-0.2, 0) is 0 Å². The first-order chi connectivity index (χ1) is 11.1. The van der Waals surface area contributed by atoms with Gasteiger partial charge in [0.1, 0.15) is 5.75 Å². The summed E-state index contributed by atoms with van der Waals surface area (Å²) < 4.78 is 0. The van der Waals surface area contributed by atoms with E-state index in [1.54, 1.807) is 11.8 Å². The number of phenols is 1. The maximum Gasteiger partial charge on any atom is 0.130 e. The number of thioether (sulfide) groups is 2. The molecule has 0 aromatic heterocycles. The second-order valence-electron chi connectivity index (χ2n) is 6.37. The van der Waals surface area contributed by atoms with Crippen molar-refractivity contribution >= 4 is 34.9 Å². The highest BCUT2D eigenvalue weighted by Gasteiger charge is 2.31. The van der Waals surface area contributed by atoms with Gasteiger partial charge in [0.15, 0.2) is 0 Å². The van der Waals surface area contributed by atoms with E-state index in [1.807, 2.05) is 24.1 Å². The highest BCUT2D eigenvalue weighted by atomic mass is 32.2. The molecule has 0 spiro atoms. The Bertz CT molecular complexity index is 689. The minimum atomic E-state index is 0.245. The Balaban J connectivity index is 2.14. The van der Waals surface area contributed by atoms with E-state index >= 15 is 0 Å². The van der Waals surface area contributed by atoms with Crippen LogP contribution in [0.25, 0.3) is 0 Å². The van der Waals surface area contributed by atoms with Gasteiger partial charge in [-0.05, 0) is 42.4 Å². The zero-order valence-corrected chi connectivity index (χ0v) is 15.5. The molecule has 1 atom stereocenters. The van der Waals surface area contributed by atoms with Crippen molar-refractivity contribution in [3.8, 4) is 5.75 Å². The first-order valence-corrected chi connectivity index (χ1v) is 10.1. The van der Waals surface area contributed by atoms with Gasteiger partial charge in [0.2, 0.25) is 0 Å². The monoisotopic (exact) mass is 345 g/mol. The van der Waals surface area contributed by atoms with Crippen molar-refractivity contribution in [3.63, 3.8) is 0 Å². The Morgan fingerprint density at radius 1 is 1.26 bits per heavy atom. The molecule has 2 nitrogen and oxygen atoms in total. The summed E-state index contributed by atoms with van der Waals surface area (Å²) >= 11 is 3.45. The van der Waals surface area contributed by atoms with Gasteiger partial charge in [-0.2, -0.15) is 0 Å². The lowest BCUT2D eigenvalue weighted by Gasteiger charge is -2.33. The molecule has 0 amide bonds. The summed E-state index contributed by atoms with van der Waals surface area (Å²) in [7, 11) is 0. The van der Waals surface area contributed by atoms with Crippen LogP contribution >= 0.6 is 23.5 Å². The number of nitrogens with zero attached hydrogens (tertiary/aromatic N) is 1. The summed E-state index contributed by atoms with van der Waals surface area (Å²) in [5, 5.41) is 10.2. The van der Waals surface area contributed by atoms with Crippen molar-refractivity contribution < 1.29 is 5.11 Å². The lowest BCUT2D eigenvalue weighted by Crippen LogP contribution is -2.33. The summed E-state index contributed by atoms with van der Waals surface area (Å²) in [6.45, 7) is 5.62. The van der Waals surface area contributed by atoms with Crippen molar-refractivity contribution in [3.05, 3.63) is 42.5 Å². The third-order valence-corrected chi connectivity index (χ3v) is 6.83. The molecule has 0 fully saturated rings. The van der Waals surface area contributed by atoms with Gasteiger partial charge in [-0.3, -0.25) is 0 Å². The van der Waals surface area contributed by atoms with Crippen molar-refractivity contribution in [1.29, 1.82) is 0 Å². The van der Waals surface area contributed by atoms with Gasteiger partial charge >= 0.3 is 0 Å². The summed E-state index contributed by atoms with van der Waals surface area (Å²) in [6.07, 6.45) is 3.15. The molecule has 0 saturated heterocycles. The molecule has 1 aliphatic heterocycles. The summed E-state index contributed by atoms with van der Waals surface area (Å²) in [5.41, 5.74) is 2.67. The molecule has 0 aliphatic carbocycles. The number of rotatable bonds is 3. The van der Waals surface area contributed by atoms with Crippen molar-refractivity contribution in [2.75, 3.05) is 23.5 Å². The van der Waals surface area contributed by atoms with E-state index in [9.17, 15) is 5.11 Å². The number of phenolic OH excluding ortho intramolecular Hbond substituents is 1. The first kappa shape index (κ1) is 16.6. The molecule has 3 rings (SSSR count). The summed E-state index contributed by atoms with van der Waals surface area (Å²) in [4.78, 5) is 4.52. The zero-order valence-electron chi connectivity index (χ0n) is 13.9. The SMILES string of the molecule is CCC1(C)CSc2cc(O)c(SC)cc2N(c2ccccc2)C1. The molecule has 0 bridgehead atoms. The Morgan fingerprint density at radius 3 is 2.65 bits per heavy atom. The Morgan fingerprint density at radius 2 is 2.00 bits per heavy atom. The number of aromatic hydroxyl groups is 1. The molecular formula is C19H23NOS2. The van der Waals surface area contributed by atoms with E-state index in [0.29, 0.717) is 5.75 Å². The topological polar surface area (TPSA) is 23.5 Å². The minimum Gasteiger partial charge on any atom is -0.507 e. The van der Waals surface area contributed by atoms with Gasteiger partial charge in [-0.15, -0.1) is 23.5 Å². The van der Waals surface area contributed by atoms with E-state index in [4.69, 9.17) is 0 Å². The lowest BCUT2D eigenvalue weighted by molar-refractivity contribution is 0.373. The molecule has 1 N–H and O–H groups in total. The standard InChI is InChI=1S/C19H23NOS2/c1-4-19(2)12-20(14-8-6-5-7-9-14)15-10-18(22-3)16(21)11-17(15)23-13-19/h5-11,21H,4,12-13H2,1-3H3. The van der Waals surface area contributed by atoms with Gasteiger partial charge in [-0.25, -0.2) is 0 Å². The van der Waals surface area contributed by atoms with Crippen LogP contribution in [0.2, 0.25) is 0 Å². The number of anilines is 2. The van der Waals surface area contributed by atoms with Crippen LogP contribution in [0.3, 0.4) is 0 Å². The molecule has 0 saturated carbocycles. The lowest BCUT2D eigenvalue weighted by atomic mass is 9.89. The normalized spacial score (nSPS) is 20.9. The molecule has 23 heavy (non-hydrogen) atoms. The smallest absolute Gasteiger partial charge is 0.130 e. The third-order valence-electron chi connectivity index (χ3n) is 4.59. The fourth-order valence-electron chi connectivity index (χ4n) is 2.85. The van der Waals surface area contributed by atoms with Gasteiger partial charge in [0.05, 0.1) is 10.6 Å². The number of fused-ring (bicyclic) bond motifs is 1. The molecule has 1 aliphatic rings. The van der Waals surface area contributed by atoms with E-state index in [2.05, 4.69) is 55.1 Å². The van der Waals surface area contributed by atoms with Crippen molar-refractivity contribution in [2.45, 2.75) is 30.1 Å². The quantitative estimate of drug-likeness (QED) is 0.713. The Kier molecular flexibility index (Phi) is 4.83. The number of hydrogen-bond donors (Lipinski definition) is 1. The van der Waals surface area contributed by atoms with Crippen LogP contribution in [0, 0.1) is 5.41 Å². The predicted molar refractivity (Wildman–Crippen MR) is 102 cm³/mol. The number of hydrogen-bond acceptors (Lipinski definition) is 4. The largest absolute Gasteiger partial charge is 0.507 e. The molecular weight excluding hydrogens is 322 g/mol. The van der Waals surface area contributed by atoms with Gasteiger partial charge in [0.25, 0.3) is 0 Å². The highest BCUT2D eigenvalue weighted by Crippen LogP contribution is 2.47. The molecule has 1 heterocycles. The second kappa shape index (κ2) is 6.70. The van der Waals surface area contributed by atoms with E-state index in [1.165, 1.54) is 16.3 Å². The summed E-state index contributed by atoms with van der Waals surface area (Å²) in [5.74, 6) is 1.45. The van der Waals surface area contributed by atoms with E-state index in [-0.39, 0.29) is 5.41 Å². The molecule has 1 unspecified atom stereocenters. The first-order valence-electron chi connectivity index (χ1n) is 7.93. The Hall–Kier alpha value is -1.26. The van der Waals surface area contributed by atoms with Crippen LogP contribution in [-0.4, -0.2) is 23.7 Å². The maximum absolute atomic E-state index is 10.2. The maximum atomic E-state index is 10.2. The number of para-hydroxylation sites is 1. The minimum absolute atomic E-state index is 0.245. The van der Waals surface area contributed by atoms with Crippen LogP contribution in [0.5, 0.6) is 5.75 Å². The third kappa shape index (κ3) is 3.33. The van der Waals surface area contributed by atoms with Crippen LogP contribution < -0.4 is 4.90 Å². The van der Waals surface area contributed by atoms with Crippen LogP contribution in [0.1, 0.15) is 20.3 Å². The van der Waals surface area contributed by atoms with E-state index < -0.39 is 0 Å². The number of benzene rings is 2. The average molecular weight is 346 g/mol. The molecule has 4 heteroatoms. The van der Waals surface area contributed by atoms with Crippen LogP contribution in [0.15, 0.2) is 52.3 Å². The average Bonchev–Trinajstić information content (AvgIpc) is 2.72. The zero-order chi connectivity index (χ0) is 16.4. The van der Waals surface area contributed by atoms with Gasteiger partial charge in [-0.1, -0.05) is 32.0 Å². The van der Waals surface area contributed by atoms with Crippen molar-refractivity contribution in [1.82, 2.24) is 0 Å². The predicted octanol–water partition coefficient (Wildman–Crippen LogP) is 5.77. The molecule has 2 aromatic rings. The fourth-order valence-corrected chi connectivity index (χ4v) is 4.65.